The van der Waals surface area contributed by atoms with E-state index in [1.807, 2.05) is 48.5 Å². The number of hydrogen-bond acceptors (Lipinski definition) is 3. The molecule has 3 aromatic rings. The van der Waals surface area contributed by atoms with Crippen molar-refractivity contribution in [2.75, 3.05) is 13.1 Å². The minimum absolute atomic E-state index is 0.153. The highest BCUT2D eigenvalue weighted by molar-refractivity contribution is 5.32. The van der Waals surface area contributed by atoms with Gasteiger partial charge in [0.25, 0.3) is 0 Å². The number of aromatic hydroxyl groups is 3. The number of quaternary nitrogens is 2. The molecule has 1 heterocycles. The molecule has 0 bridgehead atoms. The van der Waals surface area contributed by atoms with E-state index in [-0.39, 0.29) is 11.9 Å². The number of phenols is 3. The second-order valence-electron chi connectivity index (χ2n) is 7.45. The molecule has 3 aromatic carbocycles. The van der Waals surface area contributed by atoms with E-state index in [0.29, 0.717) is 11.5 Å². The van der Waals surface area contributed by atoms with E-state index in [9.17, 15) is 15.3 Å². The van der Waals surface area contributed by atoms with Crippen LogP contribution in [-0.2, 0) is 13.1 Å². The summed E-state index contributed by atoms with van der Waals surface area (Å²) in [6, 6.07) is 22.4. The molecule has 2 unspecified atom stereocenters. The zero-order valence-electron chi connectivity index (χ0n) is 15.7. The van der Waals surface area contributed by atoms with Crippen LogP contribution in [0.2, 0.25) is 0 Å². The molecule has 2 atom stereocenters. The highest BCUT2D eigenvalue weighted by Gasteiger charge is 2.41. The van der Waals surface area contributed by atoms with E-state index in [4.69, 9.17) is 0 Å². The Bertz CT molecular complexity index is 887. The van der Waals surface area contributed by atoms with Crippen molar-refractivity contribution >= 4 is 0 Å². The van der Waals surface area contributed by atoms with Crippen molar-refractivity contribution < 1.29 is 25.1 Å². The van der Waals surface area contributed by atoms with Gasteiger partial charge in [0.1, 0.15) is 43.4 Å². The van der Waals surface area contributed by atoms with Crippen molar-refractivity contribution in [2.24, 2.45) is 0 Å². The van der Waals surface area contributed by atoms with Crippen molar-refractivity contribution in [1.82, 2.24) is 0 Å². The molecule has 0 aromatic heterocycles. The molecule has 0 radical (unpaired) electrons. The highest BCUT2D eigenvalue weighted by Crippen LogP contribution is 2.18. The maximum Gasteiger partial charge on any atom is 0.241 e. The third kappa shape index (κ3) is 3.81. The summed E-state index contributed by atoms with van der Waals surface area (Å²) in [5.41, 5.74) is 3.02. The van der Waals surface area contributed by atoms with Crippen LogP contribution in [0.4, 0.5) is 0 Å². The van der Waals surface area contributed by atoms with Gasteiger partial charge in [-0.15, -0.1) is 0 Å². The average Bonchev–Trinajstić information content (AvgIpc) is 3.08. The molecule has 5 nitrogen and oxygen atoms in total. The van der Waals surface area contributed by atoms with E-state index in [2.05, 4.69) is 0 Å². The SMILES string of the molecule is Oc1ccc(C2[NH+](Cc3ccccc3O)CC[NH+]2Cc2ccccc2O)cc1. The molecule has 1 fully saturated rings. The predicted molar refractivity (Wildman–Crippen MR) is 106 cm³/mol. The lowest BCUT2D eigenvalue weighted by Gasteiger charge is -2.25. The van der Waals surface area contributed by atoms with Crippen LogP contribution in [0.25, 0.3) is 0 Å². The molecule has 5 N–H and O–H groups in total. The summed E-state index contributed by atoms with van der Waals surface area (Å²) in [6.45, 7) is 3.37. The Labute approximate surface area is 164 Å². The van der Waals surface area contributed by atoms with Crippen LogP contribution in [-0.4, -0.2) is 28.4 Å². The largest absolute Gasteiger partial charge is 0.508 e. The zero-order chi connectivity index (χ0) is 19.5. The van der Waals surface area contributed by atoms with Gasteiger partial charge in [0.05, 0.1) is 5.56 Å². The Morgan fingerprint density at radius 1 is 0.643 bits per heavy atom. The summed E-state index contributed by atoms with van der Waals surface area (Å²) < 4.78 is 0. The second kappa shape index (κ2) is 7.92. The van der Waals surface area contributed by atoms with Gasteiger partial charge >= 0.3 is 0 Å². The van der Waals surface area contributed by atoms with Crippen LogP contribution in [0.5, 0.6) is 17.2 Å². The van der Waals surface area contributed by atoms with E-state index < -0.39 is 0 Å². The standard InChI is InChI=1S/C23H24N2O3/c26-20-11-9-17(10-12-20)23-24(15-18-5-1-3-7-21(18)27)13-14-25(23)16-19-6-2-4-8-22(19)28/h1-12,23,26-28H,13-16H2/p+2. The number of hydrogen-bond donors (Lipinski definition) is 5. The van der Waals surface area contributed by atoms with Crippen LogP contribution in [0, 0.1) is 0 Å². The van der Waals surface area contributed by atoms with Gasteiger partial charge in [0, 0.05) is 11.1 Å². The first-order valence-electron chi connectivity index (χ1n) is 9.63. The quantitative estimate of drug-likeness (QED) is 0.460. The Kier molecular flexibility index (Phi) is 5.19. The third-order valence-electron chi connectivity index (χ3n) is 5.63. The van der Waals surface area contributed by atoms with Gasteiger partial charge in [-0.2, -0.15) is 0 Å². The van der Waals surface area contributed by atoms with Crippen LogP contribution in [0.15, 0.2) is 72.8 Å². The fraction of sp³-hybridized carbons (Fsp3) is 0.217. The van der Waals surface area contributed by atoms with Crippen molar-refractivity contribution in [3.8, 4) is 17.2 Å². The van der Waals surface area contributed by atoms with Crippen molar-refractivity contribution in [1.29, 1.82) is 0 Å². The summed E-state index contributed by atoms with van der Waals surface area (Å²) >= 11 is 0. The fourth-order valence-corrected chi connectivity index (χ4v) is 4.23. The molecule has 1 aliphatic rings. The molecule has 1 saturated heterocycles. The van der Waals surface area contributed by atoms with Crippen LogP contribution >= 0.6 is 0 Å². The molecule has 0 saturated carbocycles. The minimum atomic E-state index is 0.153. The molecule has 0 aliphatic carbocycles. The molecule has 28 heavy (non-hydrogen) atoms. The second-order valence-corrected chi connectivity index (χ2v) is 7.45. The van der Waals surface area contributed by atoms with Crippen molar-refractivity contribution in [3.05, 3.63) is 89.5 Å². The van der Waals surface area contributed by atoms with Gasteiger partial charge in [-0.05, 0) is 48.5 Å². The molecular formula is C23H26N2O3+2. The Morgan fingerprint density at radius 2 is 1.11 bits per heavy atom. The molecule has 4 rings (SSSR count). The minimum Gasteiger partial charge on any atom is -0.508 e. The summed E-state index contributed by atoms with van der Waals surface area (Å²) in [5.74, 6) is 0.911. The van der Waals surface area contributed by atoms with Crippen molar-refractivity contribution in [3.63, 3.8) is 0 Å². The number of benzene rings is 3. The normalized spacial score (nSPS) is 21.6. The number of para-hydroxylation sites is 2. The average molecular weight is 378 g/mol. The predicted octanol–water partition coefficient (Wildman–Crippen LogP) is 0.986. The maximum atomic E-state index is 10.2. The Morgan fingerprint density at radius 3 is 1.57 bits per heavy atom. The zero-order valence-corrected chi connectivity index (χ0v) is 15.7. The Balaban J connectivity index is 1.63. The number of nitrogens with one attached hydrogen (secondary N) is 2. The molecule has 0 amide bonds. The van der Waals surface area contributed by atoms with E-state index in [1.54, 1.807) is 24.3 Å². The molecular weight excluding hydrogens is 352 g/mol. The van der Waals surface area contributed by atoms with Gasteiger partial charge in [0.2, 0.25) is 6.17 Å². The van der Waals surface area contributed by atoms with E-state index >= 15 is 0 Å². The monoisotopic (exact) mass is 378 g/mol. The highest BCUT2D eigenvalue weighted by atomic mass is 16.3. The number of rotatable bonds is 5. The van der Waals surface area contributed by atoms with Crippen LogP contribution in [0.3, 0.4) is 0 Å². The summed E-state index contributed by atoms with van der Waals surface area (Å²) in [7, 11) is 0. The maximum absolute atomic E-state index is 10.2. The smallest absolute Gasteiger partial charge is 0.241 e. The van der Waals surface area contributed by atoms with Gasteiger partial charge in [0.15, 0.2) is 0 Å². The molecule has 1 aliphatic heterocycles. The topological polar surface area (TPSA) is 69.6 Å². The molecule has 144 valence electrons. The van der Waals surface area contributed by atoms with E-state index in [1.165, 1.54) is 9.80 Å². The summed E-state index contributed by atoms with van der Waals surface area (Å²) in [4.78, 5) is 2.72. The first kappa shape index (κ1) is 18.3. The number of phenolic OH excluding ortho intramolecular Hbond substituents is 3. The van der Waals surface area contributed by atoms with Gasteiger partial charge in [-0.25, -0.2) is 0 Å². The van der Waals surface area contributed by atoms with Crippen LogP contribution < -0.4 is 9.80 Å². The first-order chi connectivity index (χ1) is 13.6. The van der Waals surface area contributed by atoms with Gasteiger partial charge in [-0.3, -0.25) is 9.80 Å². The van der Waals surface area contributed by atoms with Crippen LogP contribution in [0.1, 0.15) is 22.9 Å². The first-order valence-corrected chi connectivity index (χ1v) is 9.63. The lowest BCUT2D eigenvalue weighted by Crippen LogP contribution is -3.22. The fourth-order valence-electron chi connectivity index (χ4n) is 4.23. The molecule has 0 spiro atoms. The lowest BCUT2D eigenvalue weighted by molar-refractivity contribution is -1.09. The van der Waals surface area contributed by atoms with Gasteiger partial charge in [-0.1, -0.05) is 24.3 Å². The lowest BCUT2D eigenvalue weighted by atomic mass is 10.1. The van der Waals surface area contributed by atoms with Gasteiger partial charge < -0.3 is 15.3 Å². The summed E-state index contributed by atoms with van der Waals surface area (Å²) in [5, 5.41) is 30.1. The third-order valence-corrected chi connectivity index (χ3v) is 5.63. The summed E-state index contributed by atoms with van der Waals surface area (Å²) in [6.07, 6.45) is 0.153. The Hall–Kier alpha value is -3.02. The molecule has 5 heteroatoms. The van der Waals surface area contributed by atoms with E-state index in [0.717, 1.165) is 42.9 Å². The van der Waals surface area contributed by atoms with Crippen molar-refractivity contribution in [2.45, 2.75) is 19.3 Å².